The Labute approximate surface area is 120 Å². The molecule has 4 nitrogen and oxygen atoms in total. The zero-order valence-corrected chi connectivity index (χ0v) is 12.8. The van der Waals surface area contributed by atoms with Gasteiger partial charge in [0, 0.05) is 18.8 Å². The number of hydrogen-bond donors (Lipinski definition) is 0. The number of aromatic nitrogens is 2. The smallest absolute Gasteiger partial charge is 0.236 e. The van der Waals surface area contributed by atoms with Crippen molar-refractivity contribution in [3.8, 4) is 11.6 Å². The molecule has 0 bridgehead atoms. The van der Waals surface area contributed by atoms with Crippen LogP contribution in [0.2, 0.25) is 0 Å². The van der Waals surface area contributed by atoms with Gasteiger partial charge in [-0.15, -0.1) is 5.10 Å². The Hall–Kier alpha value is -1.97. The second kappa shape index (κ2) is 5.99. The zero-order chi connectivity index (χ0) is 14.7. The first-order valence-electron chi connectivity index (χ1n) is 6.85. The fourth-order valence-electron chi connectivity index (χ4n) is 2.07. The van der Waals surface area contributed by atoms with E-state index >= 15 is 0 Å². The maximum atomic E-state index is 5.75. The van der Waals surface area contributed by atoms with Crippen LogP contribution in [-0.2, 0) is 13.7 Å². The van der Waals surface area contributed by atoms with E-state index in [0.717, 1.165) is 22.4 Å². The third kappa shape index (κ3) is 3.53. The molecule has 4 heteroatoms. The highest BCUT2D eigenvalue weighted by Crippen LogP contribution is 2.22. The first-order valence-corrected chi connectivity index (χ1v) is 6.85. The third-order valence-electron chi connectivity index (χ3n) is 2.94. The molecule has 0 aliphatic heterocycles. The third-order valence-corrected chi connectivity index (χ3v) is 2.94. The van der Waals surface area contributed by atoms with Crippen LogP contribution < -0.4 is 9.47 Å². The Bertz CT molecular complexity index is 588. The van der Waals surface area contributed by atoms with E-state index < -0.39 is 0 Å². The molecule has 1 aromatic heterocycles. The molecule has 0 saturated carbocycles. The predicted molar refractivity (Wildman–Crippen MR) is 79.2 cm³/mol. The molecular weight excluding hydrogens is 252 g/mol. The largest absolute Gasteiger partial charge is 0.491 e. The molecule has 0 N–H and O–H groups in total. The minimum absolute atomic E-state index is 0.187. The van der Waals surface area contributed by atoms with Crippen LogP contribution in [0.1, 0.15) is 30.5 Å². The highest BCUT2D eigenvalue weighted by molar-refractivity contribution is 5.36. The van der Waals surface area contributed by atoms with Gasteiger partial charge in [0.05, 0.1) is 6.10 Å². The monoisotopic (exact) mass is 274 g/mol. The van der Waals surface area contributed by atoms with Gasteiger partial charge in [-0.25, -0.2) is 0 Å². The summed E-state index contributed by atoms with van der Waals surface area (Å²) in [5.41, 5.74) is 3.28. The first-order chi connectivity index (χ1) is 9.45. The quantitative estimate of drug-likeness (QED) is 0.838. The van der Waals surface area contributed by atoms with Crippen LogP contribution in [0.3, 0.4) is 0 Å². The molecule has 0 fully saturated rings. The number of hydrogen-bond acceptors (Lipinski definition) is 3. The Morgan fingerprint density at radius 3 is 2.50 bits per heavy atom. The summed E-state index contributed by atoms with van der Waals surface area (Å²) in [7, 11) is 1.89. The van der Waals surface area contributed by atoms with Crippen LogP contribution >= 0.6 is 0 Å². The van der Waals surface area contributed by atoms with E-state index in [1.165, 1.54) is 0 Å². The average molecular weight is 274 g/mol. The minimum atomic E-state index is 0.187. The lowest BCUT2D eigenvalue weighted by Crippen LogP contribution is -2.07. The van der Waals surface area contributed by atoms with Gasteiger partial charge < -0.3 is 9.47 Å². The van der Waals surface area contributed by atoms with Crippen molar-refractivity contribution in [1.29, 1.82) is 0 Å². The number of rotatable bonds is 5. The van der Waals surface area contributed by atoms with Crippen LogP contribution in [-0.4, -0.2) is 15.9 Å². The van der Waals surface area contributed by atoms with Gasteiger partial charge in [0.25, 0.3) is 0 Å². The van der Waals surface area contributed by atoms with E-state index in [4.69, 9.17) is 9.47 Å². The van der Waals surface area contributed by atoms with Gasteiger partial charge >= 0.3 is 0 Å². The molecule has 0 saturated heterocycles. The summed E-state index contributed by atoms with van der Waals surface area (Å²) in [5.74, 6) is 1.62. The normalized spacial score (nSPS) is 10.9. The molecule has 0 spiro atoms. The zero-order valence-electron chi connectivity index (χ0n) is 12.8. The minimum Gasteiger partial charge on any atom is -0.491 e. The molecule has 0 amide bonds. The van der Waals surface area contributed by atoms with E-state index in [9.17, 15) is 0 Å². The highest BCUT2D eigenvalue weighted by Gasteiger charge is 2.07. The van der Waals surface area contributed by atoms with Gasteiger partial charge in [-0.2, -0.15) is 0 Å². The topological polar surface area (TPSA) is 36.3 Å². The highest BCUT2D eigenvalue weighted by atomic mass is 16.5. The predicted octanol–water partition coefficient (Wildman–Crippen LogP) is 3.40. The molecule has 20 heavy (non-hydrogen) atoms. The Balaban J connectivity index is 2.03. The van der Waals surface area contributed by atoms with E-state index in [2.05, 4.69) is 11.2 Å². The maximum Gasteiger partial charge on any atom is 0.236 e. The molecule has 2 rings (SSSR count). The average Bonchev–Trinajstić information content (AvgIpc) is 2.68. The Morgan fingerprint density at radius 1 is 1.20 bits per heavy atom. The summed E-state index contributed by atoms with van der Waals surface area (Å²) in [6.07, 6.45) is 2.13. The van der Waals surface area contributed by atoms with Gasteiger partial charge in [-0.3, -0.25) is 4.68 Å². The second-order valence-corrected chi connectivity index (χ2v) is 5.35. The summed E-state index contributed by atoms with van der Waals surface area (Å²) in [4.78, 5) is 0. The van der Waals surface area contributed by atoms with Gasteiger partial charge in [-0.05, 0) is 51.0 Å². The fraction of sp³-hybridized carbons (Fsp3) is 0.438. The number of nitrogens with zero attached hydrogens (tertiary/aromatic N) is 2. The van der Waals surface area contributed by atoms with Crippen molar-refractivity contribution in [1.82, 2.24) is 9.78 Å². The van der Waals surface area contributed by atoms with Crippen molar-refractivity contribution in [3.05, 3.63) is 41.1 Å². The van der Waals surface area contributed by atoms with Crippen molar-refractivity contribution >= 4 is 0 Å². The van der Waals surface area contributed by atoms with Gasteiger partial charge in [-0.1, -0.05) is 6.07 Å². The van der Waals surface area contributed by atoms with E-state index in [0.29, 0.717) is 12.5 Å². The number of aryl methyl sites for hydroxylation is 3. The molecule has 0 unspecified atom stereocenters. The summed E-state index contributed by atoms with van der Waals surface area (Å²) in [6.45, 7) is 8.61. The number of benzene rings is 1. The lowest BCUT2D eigenvalue weighted by Gasteiger charge is -2.13. The van der Waals surface area contributed by atoms with Crippen molar-refractivity contribution in [3.63, 3.8) is 0 Å². The van der Waals surface area contributed by atoms with Crippen LogP contribution in [0.25, 0.3) is 0 Å². The van der Waals surface area contributed by atoms with Gasteiger partial charge in [0.1, 0.15) is 12.4 Å². The Morgan fingerprint density at radius 2 is 1.95 bits per heavy atom. The summed E-state index contributed by atoms with van der Waals surface area (Å²) < 4.78 is 13.2. The molecule has 1 aromatic carbocycles. The summed E-state index contributed by atoms with van der Waals surface area (Å²) in [5, 5.41) is 4.27. The standard InChI is InChI=1S/C16H22N2O2/c1-11(2)20-15-7-6-14(8-12(15)3)10-19-16-13(4)9-18(5)17-16/h6-9,11H,10H2,1-5H3. The molecule has 1 heterocycles. The van der Waals surface area contributed by atoms with Crippen LogP contribution in [0.4, 0.5) is 0 Å². The van der Waals surface area contributed by atoms with Crippen molar-refractivity contribution in [2.45, 2.75) is 40.4 Å². The van der Waals surface area contributed by atoms with Crippen molar-refractivity contribution in [2.24, 2.45) is 7.05 Å². The van der Waals surface area contributed by atoms with Crippen molar-refractivity contribution < 1.29 is 9.47 Å². The van der Waals surface area contributed by atoms with Crippen LogP contribution in [0.5, 0.6) is 11.6 Å². The molecular formula is C16H22N2O2. The molecule has 0 atom stereocenters. The van der Waals surface area contributed by atoms with E-state index in [-0.39, 0.29) is 6.10 Å². The van der Waals surface area contributed by atoms with E-state index in [1.54, 1.807) is 4.68 Å². The maximum absolute atomic E-state index is 5.75. The second-order valence-electron chi connectivity index (χ2n) is 5.35. The molecule has 2 aromatic rings. The molecule has 0 aliphatic carbocycles. The number of ether oxygens (including phenoxy) is 2. The van der Waals surface area contributed by atoms with Gasteiger partial charge in [0.2, 0.25) is 5.88 Å². The molecule has 0 aliphatic rings. The summed E-state index contributed by atoms with van der Waals surface area (Å²) in [6, 6.07) is 6.12. The van der Waals surface area contributed by atoms with E-state index in [1.807, 2.05) is 53.1 Å². The van der Waals surface area contributed by atoms with Crippen molar-refractivity contribution in [2.75, 3.05) is 0 Å². The first kappa shape index (κ1) is 14.4. The lowest BCUT2D eigenvalue weighted by atomic mass is 10.1. The SMILES string of the molecule is Cc1cc(COc2nn(C)cc2C)ccc1OC(C)C. The van der Waals surface area contributed by atoms with Gasteiger partial charge in [0.15, 0.2) is 0 Å². The summed E-state index contributed by atoms with van der Waals surface area (Å²) >= 11 is 0. The van der Waals surface area contributed by atoms with Crippen LogP contribution in [0.15, 0.2) is 24.4 Å². The molecule has 0 radical (unpaired) electrons. The Kier molecular flexibility index (Phi) is 4.32. The lowest BCUT2D eigenvalue weighted by molar-refractivity contribution is 0.240. The molecule has 108 valence electrons. The fourth-order valence-corrected chi connectivity index (χ4v) is 2.07. The van der Waals surface area contributed by atoms with Crippen LogP contribution in [0, 0.1) is 13.8 Å².